The van der Waals surface area contributed by atoms with Gasteiger partial charge in [-0.15, -0.1) is 0 Å². The fraction of sp³-hybridized carbons (Fsp3) is 0.923. The summed E-state index contributed by atoms with van der Waals surface area (Å²) in [5.41, 5.74) is -0.0706. The van der Waals surface area contributed by atoms with Crippen molar-refractivity contribution in [1.29, 1.82) is 0 Å². The molecule has 0 aromatic heterocycles. The standard InChI is InChI=1S/C13H18F2O3S/c1-7-9-2-8-3-10(7)12(4-8,5-9)6-18-11(16)13(14,15)19-17/h7-10,17H,2-6H2,1H3/t7-,8?,9?,10?,12?/m0/s1. The van der Waals surface area contributed by atoms with Crippen LogP contribution in [-0.2, 0) is 9.53 Å². The molecule has 0 saturated heterocycles. The van der Waals surface area contributed by atoms with E-state index in [1.165, 1.54) is 6.42 Å². The first-order valence-electron chi connectivity index (χ1n) is 6.75. The maximum atomic E-state index is 13.0. The Bertz CT molecular complexity index is 403. The van der Waals surface area contributed by atoms with E-state index in [0.717, 1.165) is 19.3 Å². The fourth-order valence-electron chi connectivity index (χ4n) is 4.92. The SMILES string of the molecule is C[C@H]1C2CC3CC1C(COC(=O)C(F)(F)SO)(C3)C2. The van der Waals surface area contributed by atoms with Crippen molar-refractivity contribution >= 4 is 18.0 Å². The normalized spacial score (nSPS) is 43.8. The van der Waals surface area contributed by atoms with Gasteiger partial charge in [0, 0.05) is 5.41 Å². The summed E-state index contributed by atoms with van der Waals surface area (Å²) in [6.07, 6.45) is 4.40. The number of alkyl halides is 2. The number of hydrogen-bond donors (Lipinski definition) is 1. The Labute approximate surface area is 115 Å². The smallest absolute Gasteiger partial charge is 0.412 e. The summed E-state index contributed by atoms with van der Waals surface area (Å²) in [6, 6.07) is 0. The first kappa shape index (κ1) is 13.6. The number of halogens is 2. The van der Waals surface area contributed by atoms with Crippen LogP contribution >= 0.6 is 12.0 Å². The second-order valence-electron chi connectivity index (χ2n) is 6.52. The van der Waals surface area contributed by atoms with Gasteiger partial charge in [0.05, 0.1) is 18.6 Å². The van der Waals surface area contributed by atoms with Gasteiger partial charge in [-0.25, -0.2) is 4.79 Å². The van der Waals surface area contributed by atoms with Crippen molar-refractivity contribution in [2.24, 2.45) is 29.1 Å². The van der Waals surface area contributed by atoms with Crippen LogP contribution in [0.4, 0.5) is 8.78 Å². The molecule has 0 heterocycles. The van der Waals surface area contributed by atoms with Crippen LogP contribution in [0, 0.1) is 29.1 Å². The fourth-order valence-corrected chi connectivity index (χ4v) is 5.06. The summed E-state index contributed by atoms with van der Waals surface area (Å²) in [5, 5.41) is -3.85. The average Bonchev–Trinajstić information content (AvgIpc) is 2.74. The molecular weight excluding hydrogens is 274 g/mol. The van der Waals surface area contributed by atoms with Crippen LogP contribution in [0.3, 0.4) is 0 Å². The van der Waals surface area contributed by atoms with E-state index in [-0.39, 0.29) is 12.0 Å². The lowest BCUT2D eigenvalue weighted by molar-refractivity contribution is -0.165. The molecule has 4 aliphatic carbocycles. The second kappa shape index (κ2) is 4.32. The van der Waals surface area contributed by atoms with Crippen LogP contribution in [-0.4, -0.2) is 22.4 Å². The summed E-state index contributed by atoms with van der Waals surface area (Å²) in [6.45, 7) is 2.32. The molecule has 108 valence electrons. The van der Waals surface area contributed by atoms with E-state index >= 15 is 0 Å². The molecule has 0 aromatic carbocycles. The molecule has 5 atom stereocenters. The predicted molar refractivity (Wildman–Crippen MR) is 66.7 cm³/mol. The van der Waals surface area contributed by atoms with Crippen LogP contribution in [0.5, 0.6) is 0 Å². The Balaban J connectivity index is 1.67. The van der Waals surface area contributed by atoms with E-state index in [2.05, 4.69) is 6.92 Å². The molecular formula is C13H18F2O3S. The molecule has 4 unspecified atom stereocenters. The van der Waals surface area contributed by atoms with Crippen molar-refractivity contribution in [3.8, 4) is 0 Å². The maximum Gasteiger partial charge on any atom is 0.412 e. The average molecular weight is 292 g/mol. The zero-order valence-electron chi connectivity index (χ0n) is 10.8. The molecule has 0 spiro atoms. The molecule has 0 aromatic rings. The maximum absolute atomic E-state index is 13.0. The summed E-state index contributed by atoms with van der Waals surface area (Å²) < 4.78 is 39.2. The van der Waals surface area contributed by atoms with E-state index in [9.17, 15) is 13.6 Å². The van der Waals surface area contributed by atoms with Crippen LogP contribution in [0.1, 0.15) is 32.6 Å². The van der Waals surface area contributed by atoms with Gasteiger partial charge in [-0.1, -0.05) is 6.92 Å². The van der Waals surface area contributed by atoms with Gasteiger partial charge >= 0.3 is 11.2 Å². The third-order valence-electron chi connectivity index (χ3n) is 5.60. The minimum Gasteiger partial charge on any atom is -0.460 e. The van der Waals surface area contributed by atoms with Gasteiger partial charge in [-0.2, -0.15) is 8.78 Å². The first-order chi connectivity index (χ1) is 8.88. The summed E-state index contributed by atoms with van der Waals surface area (Å²) in [4.78, 5) is 11.3. The third-order valence-corrected chi connectivity index (χ3v) is 5.99. The second-order valence-corrected chi connectivity index (χ2v) is 7.21. The Morgan fingerprint density at radius 3 is 2.89 bits per heavy atom. The van der Waals surface area contributed by atoms with E-state index < -0.39 is 23.3 Å². The lowest BCUT2D eigenvalue weighted by Crippen LogP contribution is -2.34. The lowest BCUT2D eigenvalue weighted by atomic mass is 9.75. The number of ether oxygens (including phenoxy) is 1. The number of carbonyl (C=O) groups excluding carboxylic acids is 1. The molecule has 0 aliphatic heterocycles. The van der Waals surface area contributed by atoms with E-state index in [1.807, 2.05) is 0 Å². The van der Waals surface area contributed by atoms with Gasteiger partial charge in [0.1, 0.15) is 0 Å². The van der Waals surface area contributed by atoms with E-state index in [1.54, 1.807) is 0 Å². The Morgan fingerprint density at radius 1 is 1.47 bits per heavy atom. The molecule has 19 heavy (non-hydrogen) atoms. The molecule has 4 aliphatic rings. The van der Waals surface area contributed by atoms with Crippen molar-refractivity contribution in [1.82, 2.24) is 0 Å². The lowest BCUT2D eigenvalue weighted by Gasteiger charge is -2.32. The minimum atomic E-state index is -3.85. The zero-order valence-corrected chi connectivity index (χ0v) is 11.6. The van der Waals surface area contributed by atoms with Gasteiger partial charge < -0.3 is 9.29 Å². The summed E-state index contributed by atoms with van der Waals surface area (Å²) >= 11 is -0.757. The molecule has 4 saturated carbocycles. The number of rotatable bonds is 4. The molecule has 0 radical (unpaired) electrons. The van der Waals surface area contributed by atoms with Crippen LogP contribution in [0.15, 0.2) is 0 Å². The van der Waals surface area contributed by atoms with Crippen LogP contribution < -0.4 is 0 Å². The monoisotopic (exact) mass is 292 g/mol. The molecule has 4 bridgehead atoms. The van der Waals surface area contributed by atoms with Crippen molar-refractivity contribution in [2.45, 2.75) is 37.9 Å². The molecule has 4 rings (SSSR count). The van der Waals surface area contributed by atoms with Crippen molar-refractivity contribution in [3.05, 3.63) is 0 Å². The molecule has 0 amide bonds. The highest BCUT2D eigenvalue weighted by atomic mass is 32.2. The van der Waals surface area contributed by atoms with Gasteiger partial charge in [-0.05, 0) is 49.4 Å². The summed E-state index contributed by atoms with van der Waals surface area (Å²) in [7, 11) is 0. The molecule has 1 N–H and O–H groups in total. The Kier molecular flexibility index (Phi) is 3.09. The summed E-state index contributed by atoms with van der Waals surface area (Å²) in [5.74, 6) is 0.869. The van der Waals surface area contributed by atoms with Gasteiger partial charge in [-0.3, -0.25) is 0 Å². The van der Waals surface area contributed by atoms with Crippen molar-refractivity contribution in [3.63, 3.8) is 0 Å². The van der Waals surface area contributed by atoms with Crippen LogP contribution in [0.25, 0.3) is 0 Å². The predicted octanol–water partition coefficient (Wildman–Crippen LogP) is 3.40. The Morgan fingerprint density at radius 2 is 2.21 bits per heavy atom. The minimum absolute atomic E-state index is 0.0706. The van der Waals surface area contributed by atoms with E-state index in [0.29, 0.717) is 23.7 Å². The number of hydrogen-bond acceptors (Lipinski definition) is 4. The largest absolute Gasteiger partial charge is 0.460 e. The quantitative estimate of drug-likeness (QED) is 0.637. The molecule has 3 nitrogen and oxygen atoms in total. The first-order valence-corrected chi connectivity index (χ1v) is 7.53. The third kappa shape index (κ3) is 1.98. The van der Waals surface area contributed by atoms with Gasteiger partial charge in [0.25, 0.3) is 0 Å². The topological polar surface area (TPSA) is 46.5 Å². The number of carbonyl (C=O) groups is 1. The van der Waals surface area contributed by atoms with Gasteiger partial charge in [0.2, 0.25) is 0 Å². The molecule has 4 fully saturated rings. The Hall–Kier alpha value is -0.360. The van der Waals surface area contributed by atoms with Gasteiger partial charge in [0.15, 0.2) is 0 Å². The highest BCUT2D eigenvalue weighted by Gasteiger charge is 2.61. The number of esters is 1. The van der Waals surface area contributed by atoms with E-state index in [4.69, 9.17) is 9.29 Å². The zero-order chi connectivity index (χ0) is 13.8. The highest BCUT2D eigenvalue weighted by molar-refractivity contribution is 7.95. The van der Waals surface area contributed by atoms with Crippen molar-refractivity contribution < 1.29 is 22.9 Å². The van der Waals surface area contributed by atoms with Crippen molar-refractivity contribution in [2.75, 3.05) is 6.61 Å². The molecule has 6 heteroatoms. The van der Waals surface area contributed by atoms with Crippen LogP contribution in [0.2, 0.25) is 0 Å². The highest BCUT2D eigenvalue weighted by Crippen LogP contribution is 2.67.